The fourth-order valence-electron chi connectivity index (χ4n) is 2.38. The number of carbonyl (C=O) groups excluding carboxylic acids is 2. The number of carbonyl (C=O) groups is 2. The van der Waals surface area contributed by atoms with Gasteiger partial charge in [0.05, 0.1) is 5.25 Å². The van der Waals surface area contributed by atoms with Crippen molar-refractivity contribution in [2.24, 2.45) is 0 Å². The molecule has 1 aromatic rings. The van der Waals surface area contributed by atoms with Crippen molar-refractivity contribution in [2.75, 3.05) is 26.5 Å². The second-order valence-electron chi connectivity index (χ2n) is 6.46. The van der Waals surface area contributed by atoms with Crippen molar-refractivity contribution in [3.8, 4) is 5.75 Å². The lowest BCUT2D eigenvalue weighted by Crippen LogP contribution is -2.44. The molecule has 2 unspecified atom stereocenters. The molecule has 0 bridgehead atoms. The summed E-state index contributed by atoms with van der Waals surface area (Å²) in [6.45, 7) is 10.2. The lowest BCUT2D eigenvalue weighted by atomic mass is 10.1. The molecule has 2 atom stereocenters. The van der Waals surface area contributed by atoms with E-state index in [0.717, 1.165) is 5.56 Å². The zero-order valence-electron chi connectivity index (χ0n) is 16.8. The Kier molecular flexibility index (Phi) is 9.96. The fraction of sp³-hybridized carbons (Fsp3) is 0.500. The van der Waals surface area contributed by atoms with Crippen LogP contribution in [0.3, 0.4) is 0 Å². The predicted molar refractivity (Wildman–Crippen MR) is 112 cm³/mol. The van der Waals surface area contributed by atoms with Crippen molar-refractivity contribution in [3.63, 3.8) is 0 Å². The highest BCUT2D eigenvalue weighted by Crippen LogP contribution is 2.16. The standard InChI is InChI=1S/C20H31N3O3S/c1-13-7-8-17(11-14(13)2)26-12-18(24)23-15(3)9-10-22-20(25)19(27-6)16(4)21-5/h7-8,11,16,19,21H,3,9-10,12H2,1-2,4-6H3,(H,22,25)(H,23,24). The molecular weight excluding hydrogens is 362 g/mol. The summed E-state index contributed by atoms with van der Waals surface area (Å²) in [4.78, 5) is 24.1. The van der Waals surface area contributed by atoms with E-state index in [0.29, 0.717) is 24.4 Å². The number of benzene rings is 1. The molecule has 3 N–H and O–H groups in total. The van der Waals surface area contributed by atoms with Crippen molar-refractivity contribution in [3.05, 3.63) is 41.6 Å². The minimum atomic E-state index is -0.268. The van der Waals surface area contributed by atoms with E-state index in [2.05, 4.69) is 22.5 Å². The molecule has 0 aliphatic heterocycles. The average molecular weight is 394 g/mol. The number of rotatable bonds is 11. The van der Waals surface area contributed by atoms with Gasteiger partial charge in [0.25, 0.3) is 5.91 Å². The number of hydrogen-bond donors (Lipinski definition) is 3. The SMILES string of the molecule is C=C(CCNC(=O)C(SC)C(C)NC)NC(=O)COc1ccc(C)c(C)c1. The lowest BCUT2D eigenvalue weighted by Gasteiger charge is -2.21. The molecule has 0 saturated heterocycles. The van der Waals surface area contributed by atoms with E-state index in [1.54, 1.807) is 0 Å². The van der Waals surface area contributed by atoms with Gasteiger partial charge in [-0.25, -0.2) is 0 Å². The highest BCUT2D eigenvalue weighted by molar-refractivity contribution is 8.00. The molecule has 7 heteroatoms. The maximum absolute atomic E-state index is 12.2. The smallest absolute Gasteiger partial charge is 0.262 e. The van der Waals surface area contributed by atoms with Crippen molar-refractivity contribution >= 4 is 23.6 Å². The fourth-order valence-corrected chi connectivity index (χ4v) is 3.22. The van der Waals surface area contributed by atoms with Gasteiger partial charge in [0, 0.05) is 24.7 Å². The summed E-state index contributed by atoms with van der Waals surface area (Å²) in [5, 5.41) is 8.50. The van der Waals surface area contributed by atoms with Crippen LogP contribution in [0.2, 0.25) is 0 Å². The third kappa shape index (κ3) is 8.05. The molecule has 0 saturated carbocycles. The molecule has 150 valence electrons. The normalized spacial score (nSPS) is 12.8. The Bertz CT molecular complexity index is 664. The molecule has 1 rings (SSSR count). The Balaban J connectivity index is 2.32. The molecule has 0 fully saturated rings. The van der Waals surface area contributed by atoms with E-state index in [-0.39, 0.29) is 29.7 Å². The largest absolute Gasteiger partial charge is 0.484 e. The Morgan fingerprint density at radius 2 is 1.96 bits per heavy atom. The van der Waals surface area contributed by atoms with Crippen molar-refractivity contribution in [1.29, 1.82) is 0 Å². The summed E-state index contributed by atoms with van der Waals surface area (Å²) in [7, 11) is 1.83. The molecule has 0 aliphatic rings. The monoisotopic (exact) mass is 393 g/mol. The molecular formula is C20H31N3O3S. The van der Waals surface area contributed by atoms with Crippen LogP contribution in [-0.4, -0.2) is 49.6 Å². The number of hydrogen-bond acceptors (Lipinski definition) is 5. The first-order valence-corrected chi connectivity index (χ1v) is 10.2. The van der Waals surface area contributed by atoms with E-state index in [4.69, 9.17) is 4.74 Å². The van der Waals surface area contributed by atoms with Gasteiger partial charge in [-0.2, -0.15) is 11.8 Å². The molecule has 6 nitrogen and oxygen atoms in total. The van der Waals surface area contributed by atoms with Crippen LogP contribution in [0.25, 0.3) is 0 Å². The van der Waals surface area contributed by atoms with Gasteiger partial charge < -0.3 is 20.7 Å². The van der Waals surface area contributed by atoms with Crippen LogP contribution >= 0.6 is 11.8 Å². The number of amides is 2. The van der Waals surface area contributed by atoms with E-state index >= 15 is 0 Å². The van der Waals surface area contributed by atoms with Gasteiger partial charge in [-0.1, -0.05) is 12.6 Å². The quantitative estimate of drug-likeness (QED) is 0.537. The zero-order valence-corrected chi connectivity index (χ0v) is 17.7. The zero-order chi connectivity index (χ0) is 20.4. The van der Waals surface area contributed by atoms with Gasteiger partial charge >= 0.3 is 0 Å². The molecule has 1 aromatic carbocycles. The molecule has 2 amide bonds. The third-order valence-electron chi connectivity index (χ3n) is 4.31. The Morgan fingerprint density at radius 3 is 2.56 bits per heavy atom. The topological polar surface area (TPSA) is 79.5 Å². The van der Waals surface area contributed by atoms with Crippen LogP contribution in [-0.2, 0) is 9.59 Å². The van der Waals surface area contributed by atoms with Crippen LogP contribution in [0.5, 0.6) is 5.75 Å². The number of nitrogens with one attached hydrogen (secondary N) is 3. The van der Waals surface area contributed by atoms with Crippen LogP contribution in [0.4, 0.5) is 0 Å². The molecule has 0 radical (unpaired) electrons. The van der Waals surface area contributed by atoms with Gasteiger partial charge in [-0.15, -0.1) is 0 Å². The highest BCUT2D eigenvalue weighted by atomic mass is 32.2. The molecule has 0 spiro atoms. The van der Waals surface area contributed by atoms with Gasteiger partial charge in [0.1, 0.15) is 5.75 Å². The first kappa shape index (κ1) is 23.0. The van der Waals surface area contributed by atoms with E-state index in [9.17, 15) is 9.59 Å². The van der Waals surface area contributed by atoms with Crippen molar-refractivity contribution in [1.82, 2.24) is 16.0 Å². The maximum atomic E-state index is 12.2. The van der Waals surface area contributed by atoms with Crippen molar-refractivity contribution < 1.29 is 14.3 Å². The first-order valence-electron chi connectivity index (χ1n) is 8.94. The van der Waals surface area contributed by atoms with Crippen LogP contribution in [0.1, 0.15) is 24.5 Å². The molecule has 0 aromatic heterocycles. The second kappa shape index (κ2) is 11.7. The number of ether oxygens (including phenoxy) is 1. The van der Waals surface area contributed by atoms with Gasteiger partial charge in [0.15, 0.2) is 6.61 Å². The Morgan fingerprint density at radius 1 is 1.26 bits per heavy atom. The highest BCUT2D eigenvalue weighted by Gasteiger charge is 2.22. The lowest BCUT2D eigenvalue weighted by molar-refractivity contribution is -0.122. The predicted octanol–water partition coefficient (Wildman–Crippen LogP) is 2.16. The number of aryl methyl sites for hydroxylation is 2. The maximum Gasteiger partial charge on any atom is 0.262 e. The average Bonchev–Trinajstić information content (AvgIpc) is 2.63. The van der Waals surface area contributed by atoms with E-state index < -0.39 is 0 Å². The second-order valence-corrected chi connectivity index (χ2v) is 7.44. The minimum Gasteiger partial charge on any atom is -0.484 e. The Labute approximate surface area is 166 Å². The number of thioether (sulfide) groups is 1. The summed E-state index contributed by atoms with van der Waals surface area (Å²) in [5.41, 5.74) is 2.84. The molecule has 27 heavy (non-hydrogen) atoms. The molecule has 0 aliphatic carbocycles. The third-order valence-corrected chi connectivity index (χ3v) is 5.44. The summed E-state index contributed by atoms with van der Waals surface area (Å²) in [6, 6.07) is 5.78. The van der Waals surface area contributed by atoms with E-state index in [1.807, 2.05) is 52.3 Å². The summed E-state index contributed by atoms with van der Waals surface area (Å²) in [6.07, 6.45) is 2.38. The van der Waals surface area contributed by atoms with Gasteiger partial charge in [-0.05, 0) is 57.3 Å². The molecule has 0 heterocycles. The summed E-state index contributed by atoms with van der Waals surface area (Å²) < 4.78 is 5.50. The minimum absolute atomic E-state index is 0.0263. The first-order chi connectivity index (χ1) is 12.8. The Hall–Kier alpha value is -1.99. The van der Waals surface area contributed by atoms with Crippen LogP contribution < -0.4 is 20.7 Å². The van der Waals surface area contributed by atoms with Crippen molar-refractivity contribution in [2.45, 2.75) is 38.5 Å². The van der Waals surface area contributed by atoms with Crippen LogP contribution in [0, 0.1) is 13.8 Å². The van der Waals surface area contributed by atoms with Gasteiger partial charge in [0.2, 0.25) is 5.91 Å². The van der Waals surface area contributed by atoms with E-state index in [1.165, 1.54) is 17.3 Å². The van der Waals surface area contributed by atoms with Gasteiger partial charge in [-0.3, -0.25) is 9.59 Å². The summed E-state index contributed by atoms with van der Waals surface area (Å²) >= 11 is 1.50. The summed E-state index contributed by atoms with van der Waals surface area (Å²) in [5.74, 6) is 0.366. The van der Waals surface area contributed by atoms with Crippen LogP contribution in [0.15, 0.2) is 30.5 Å².